The van der Waals surface area contributed by atoms with Crippen LogP contribution in [0.15, 0.2) is 28.9 Å². The van der Waals surface area contributed by atoms with E-state index < -0.39 is 21.8 Å². The van der Waals surface area contributed by atoms with E-state index in [1.165, 1.54) is 11.2 Å². The van der Waals surface area contributed by atoms with Gasteiger partial charge in [-0.2, -0.15) is 0 Å². The first-order valence-corrected chi connectivity index (χ1v) is 12.7. The minimum Gasteiger partial charge on any atom is -0.467 e. The lowest BCUT2D eigenvalue weighted by Gasteiger charge is -2.27. The van der Waals surface area contributed by atoms with E-state index >= 15 is 0 Å². The summed E-state index contributed by atoms with van der Waals surface area (Å²) in [6.07, 6.45) is 1.85. The predicted molar refractivity (Wildman–Crippen MR) is 120 cm³/mol. The highest BCUT2D eigenvalue weighted by Gasteiger charge is 2.37. The number of nitrogens with two attached hydrogens (primary N) is 1. The molecule has 0 bridgehead atoms. The maximum absolute atomic E-state index is 13.6. The lowest BCUT2D eigenvalue weighted by Crippen LogP contribution is -2.40. The van der Waals surface area contributed by atoms with Crippen LogP contribution in [-0.2, 0) is 21.1 Å². The molecular formula is C21H23N3O6S2. The molecule has 0 aliphatic carbocycles. The van der Waals surface area contributed by atoms with Gasteiger partial charge in [-0.3, -0.25) is 4.79 Å². The van der Waals surface area contributed by atoms with Crippen LogP contribution >= 0.6 is 11.3 Å². The van der Waals surface area contributed by atoms with Crippen LogP contribution in [0, 0.1) is 6.92 Å². The average Bonchev–Trinajstić information content (AvgIpc) is 3.45. The monoisotopic (exact) mass is 477 g/mol. The van der Waals surface area contributed by atoms with Crippen molar-refractivity contribution in [1.82, 2.24) is 9.88 Å². The third kappa shape index (κ3) is 4.22. The number of carbonyl (C=O) groups excluding carboxylic acids is 2. The molecule has 4 rings (SSSR count). The Kier molecular flexibility index (Phi) is 5.95. The first kappa shape index (κ1) is 22.3. The predicted octanol–water partition coefficient (Wildman–Crippen LogP) is 2.79. The fourth-order valence-corrected chi connectivity index (χ4v) is 6.60. The summed E-state index contributed by atoms with van der Waals surface area (Å²) in [5.41, 5.74) is 7.30. The fraction of sp³-hybridized carbons (Fsp3) is 0.381. The Labute approximate surface area is 189 Å². The van der Waals surface area contributed by atoms with Gasteiger partial charge in [-0.1, -0.05) is 0 Å². The Morgan fingerprint density at radius 3 is 2.81 bits per heavy atom. The number of anilines is 1. The van der Waals surface area contributed by atoms with Crippen LogP contribution in [0.5, 0.6) is 0 Å². The van der Waals surface area contributed by atoms with E-state index in [1.807, 2.05) is 0 Å². The number of furan rings is 1. The summed E-state index contributed by atoms with van der Waals surface area (Å²) in [7, 11) is -3.21. The van der Waals surface area contributed by atoms with Gasteiger partial charge in [0.15, 0.2) is 9.84 Å². The molecule has 3 aromatic heterocycles. The minimum atomic E-state index is -3.21. The number of thiophene rings is 1. The van der Waals surface area contributed by atoms with Gasteiger partial charge >= 0.3 is 5.97 Å². The van der Waals surface area contributed by atoms with Gasteiger partial charge in [-0.05, 0) is 38.5 Å². The Morgan fingerprint density at radius 2 is 2.19 bits per heavy atom. The van der Waals surface area contributed by atoms with Crippen molar-refractivity contribution in [2.24, 2.45) is 0 Å². The number of amides is 1. The van der Waals surface area contributed by atoms with Gasteiger partial charge < -0.3 is 19.8 Å². The molecule has 0 spiro atoms. The van der Waals surface area contributed by atoms with Crippen LogP contribution in [0.4, 0.5) is 5.69 Å². The molecule has 1 fully saturated rings. The summed E-state index contributed by atoms with van der Waals surface area (Å²) in [5, 5.41) is 0.490. The van der Waals surface area contributed by atoms with E-state index in [-0.39, 0.29) is 46.7 Å². The molecule has 1 saturated heterocycles. The van der Waals surface area contributed by atoms with E-state index in [0.717, 1.165) is 11.3 Å². The third-order valence-electron chi connectivity index (χ3n) is 5.42. The second kappa shape index (κ2) is 8.55. The maximum Gasteiger partial charge on any atom is 0.339 e. The number of ether oxygens (including phenoxy) is 1. The maximum atomic E-state index is 13.6. The van der Waals surface area contributed by atoms with Crippen molar-refractivity contribution in [3.63, 3.8) is 0 Å². The number of carbonyl (C=O) groups is 2. The Bertz CT molecular complexity index is 1280. The highest BCUT2D eigenvalue weighted by molar-refractivity contribution is 7.91. The number of pyridine rings is 1. The summed E-state index contributed by atoms with van der Waals surface area (Å²) >= 11 is 1.12. The van der Waals surface area contributed by atoms with Crippen molar-refractivity contribution in [3.05, 3.63) is 46.4 Å². The summed E-state index contributed by atoms with van der Waals surface area (Å²) in [6.45, 7) is 3.76. The summed E-state index contributed by atoms with van der Waals surface area (Å²) < 4.78 is 34.6. The van der Waals surface area contributed by atoms with E-state index in [9.17, 15) is 18.0 Å². The first-order valence-electron chi connectivity index (χ1n) is 10.1. The largest absolute Gasteiger partial charge is 0.467 e. The van der Waals surface area contributed by atoms with Crippen LogP contribution in [0.3, 0.4) is 0 Å². The van der Waals surface area contributed by atoms with Gasteiger partial charge in [0, 0.05) is 11.4 Å². The number of esters is 1. The topological polar surface area (TPSA) is 133 Å². The van der Waals surface area contributed by atoms with E-state index in [0.29, 0.717) is 28.1 Å². The average molecular weight is 478 g/mol. The van der Waals surface area contributed by atoms with Crippen LogP contribution in [0.1, 0.15) is 44.8 Å². The summed E-state index contributed by atoms with van der Waals surface area (Å²) in [4.78, 5) is 32.5. The van der Waals surface area contributed by atoms with Crippen molar-refractivity contribution in [1.29, 1.82) is 0 Å². The molecule has 1 amide bonds. The highest BCUT2D eigenvalue weighted by atomic mass is 32.2. The molecule has 1 aliphatic rings. The Balaban J connectivity index is 1.73. The van der Waals surface area contributed by atoms with Gasteiger partial charge in [0.2, 0.25) is 0 Å². The molecule has 170 valence electrons. The molecule has 4 heterocycles. The van der Waals surface area contributed by atoms with E-state index in [4.69, 9.17) is 14.9 Å². The number of sulfone groups is 1. The zero-order valence-corrected chi connectivity index (χ0v) is 19.3. The molecule has 2 N–H and O–H groups in total. The molecule has 0 aromatic carbocycles. The quantitative estimate of drug-likeness (QED) is 0.536. The molecule has 1 atom stereocenters. The summed E-state index contributed by atoms with van der Waals surface area (Å²) in [6, 6.07) is 4.55. The number of nitrogens with zero attached hydrogens (tertiary/aromatic N) is 2. The van der Waals surface area contributed by atoms with E-state index in [1.54, 1.807) is 32.0 Å². The van der Waals surface area contributed by atoms with Crippen molar-refractivity contribution in [2.45, 2.75) is 32.9 Å². The van der Waals surface area contributed by atoms with Crippen molar-refractivity contribution in [2.75, 3.05) is 23.8 Å². The second-order valence-corrected chi connectivity index (χ2v) is 10.8. The molecular weight excluding hydrogens is 454 g/mol. The molecule has 3 aromatic rings. The fourth-order valence-electron chi connectivity index (χ4n) is 3.79. The number of aromatic nitrogens is 1. The molecule has 1 aliphatic heterocycles. The Hall–Kier alpha value is -2.92. The molecule has 9 nitrogen and oxygen atoms in total. The molecule has 1 unspecified atom stereocenters. The number of rotatable bonds is 6. The number of aryl methyl sites for hydroxylation is 1. The van der Waals surface area contributed by atoms with Gasteiger partial charge in [-0.15, -0.1) is 11.3 Å². The minimum absolute atomic E-state index is 0.0329. The number of hydrogen-bond acceptors (Lipinski definition) is 9. The number of nitrogen functional groups attached to an aromatic ring is 1. The highest BCUT2D eigenvalue weighted by Crippen LogP contribution is 2.36. The molecule has 0 saturated carbocycles. The van der Waals surface area contributed by atoms with E-state index in [2.05, 4.69) is 4.98 Å². The van der Waals surface area contributed by atoms with Gasteiger partial charge in [0.25, 0.3) is 5.91 Å². The van der Waals surface area contributed by atoms with Crippen LogP contribution in [0.2, 0.25) is 0 Å². The molecule has 11 heteroatoms. The standard InChI is InChI=1S/C21H23N3O6S2/c1-3-29-21(26)15-9-16-17(22)18(31-19(16)23-12(15)2)20(25)24(10-14-5-4-7-30-14)13-6-8-32(27,28)11-13/h4-5,7,9,13H,3,6,8,10-11,22H2,1-2H3. The third-order valence-corrected chi connectivity index (χ3v) is 8.27. The summed E-state index contributed by atoms with van der Waals surface area (Å²) in [5.74, 6) is -0.423. The van der Waals surface area contributed by atoms with Crippen LogP contribution in [0.25, 0.3) is 10.2 Å². The molecule has 0 radical (unpaired) electrons. The van der Waals surface area contributed by atoms with Gasteiger partial charge in [0.1, 0.15) is 15.5 Å². The Morgan fingerprint density at radius 1 is 1.41 bits per heavy atom. The van der Waals surface area contributed by atoms with Gasteiger partial charge in [0.05, 0.1) is 47.9 Å². The lowest BCUT2D eigenvalue weighted by atomic mass is 10.1. The molecule has 32 heavy (non-hydrogen) atoms. The SMILES string of the molecule is CCOC(=O)c1cc2c(N)c(C(=O)N(Cc3ccco3)C3CCS(=O)(=O)C3)sc2nc1C. The van der Waals surface area contributed by atoms with Gasteiger partial charge in [-0.25, -0.2) is 18.2 Å². The lowest BCUT2D eigenvalue weighted by molar-refractivity contribution is 0.0524. The zero-order valence-electron chi connectivity index (χ0n) is 17.7. The normalized spacial score (nSPS) is 17.5. The van der Waals surface area contributed by atoms with Crippen LogP contribution < -0.4 is 5.73 Å². The first-order chi connectivity index (χ1) is 15.2. The second-order valence-electron chi connectivity index (χ2n) is 7.61. The van der Waals surface area contributed by atoms with Crippen molar-refractivity contribution < 1.29 is 27.2 Å². The smallest absolute Gasteiger partial charge is 0.339 e. The van der Waals surface area contributed by atoms with Crippen molar-refractivity contribution >= 4 is 49.0 Å². The van der Waals surface area contributed by atoms with Crippen molar-refractivity contribution in [3.8, 4) is 0 Å². The number of hydrogen-bond donors (Lipinski definition) is 1. The van der Waals surface area contributed by atoms with Crippen LogP contribution in [-0.4, -0.2) is 54.3 Å². The number of fused-ring (bicyclic) bond motifs is 1. The zero-order chi connectivity index (χ0) is 23.0.